The van der Waals surface area contributed by atoms with E-state index in [-0.39, 0.29) is 5.91 Å². The van der Waals surface area contributed by atoms with Crippen molar-refractivity contribution in [2.45, 2.75) is 32.4 Å². The predicted octanol–water partition coefficient (Wildman–Crippen LogP) is 1.55. The van der Waals surface area contributed by atoms with Crippen LogP contribution in [0.2, 0.25) is 0 Å². The molecule has 156 valence electrons. The summed E-state index contributed by atoms with van der Waals surface area (Å²) in [5.74, 6) is 0.831. The summed E-state index contributed by atoms with van der Waals surface area (Å²) in [7, 11) is 5.27. The van der Waals surface area contributed by atoms with E-state index < -0.39 is 0 Å². The molecule has 0 aliphatic heterocycles. The fourth-order valence-corrected chi connectivity index (χ4v) is 2.97. The molecule has 0 heterocycles. The topological polar surface area (TPSA) is 69.2 Å². The van der Waals surface area contributed by atoms with E-state index in [0.29, 0.717) is 12.1 Å². The smallest absolute Gasteiger partial charge is 0.253 e. The zero-order valence-corrected chi connectivity index (χ0v) is 17.7. The van der Waals surface area contributed by atoms with Gasteiger partial charge in [0.25, 0.3) is 5.91 Å². The lowest BCUT2D eigenvalue weighted by Crippen LogP contribution is -2.42. The van der Waals surface area contributed by atoms with Crippen molar-refractivity contribution in [3.8, 4) is 0 Å². The third-order valence-corrected chi connectivity index (χ3v) is 4.71. The van der Waals surface area contributed by atoms with Gasteiger partial charge in [-0.25, -0.2) is 4.99 Å². The highest BCUT2D eigenvalue weighted by atomic mass is 16.5. The van der Waals surface area contributed by atoms with Crippen LogP contribution in [0.5, 0.6) is 0 Å². The molecule has 0 radical (unpaired) electrons. The van der Waals surface area contributed by atoms with Crippen LogP contribution in [0.4, 0.5) is 0 Å². The number of aliphatic imine (C=N–C) groups is 1. The first kappa shape index (κ1) is 22.2. The van der Waals surface area contributed by atoms with E-state index in [4.69, 9.17) is 4.74 Å². The number of hydrogen-bond acceptors (Lipinski definition) is 4. The summed E-state index contributed by atoms with van der Waals surface area (Å²) in [5.41, 5.74) is 1.77. The normalized spacial score (nSPS) is 14.2. The first-order valence-corrected chi connectivity index (χ1v) is 10.1. The Balaban J connectivity index is 1.84. The zero-order valence-electron chi connectivity index (χ0n) is 17.7. The molecule has 1 aliphatic rings. The SMILES string of the molecule is CCNC(=NCc1ccc(C(=O)N(C)C)cc1)NCCN(CCOC)C1CC1. The Bertz CT molecular complexity index is 626. The Kier molecular flexibility index (Phi) is 9.23. The van der Waals surface area contributed by atoms with Gasteiger partial charge in [-0.2, -0.15) is 0 Å². The molecule has 0 bridgehead atoms. The van der Waals surface area contributed by atoms with Crippen molar-refractivity contribution in [1.29, 1.82) is 0 Å². The van der Waals surface area contributed by atoms with Crippen LogP contribution in [0.1, 0.15) is 35.7 Å². The van der Waals surface area contributed by atoms with Crippen molar-refractivity contribution in [1.82, 2.24) is 20.4 Å². The van der Waals surface area contributed by atoms with E-state index in [0.717, 1.165) is 50.4 Å². The van der Waals surface area contributed by atoms with E-state index >= 15 is 0 Å². The summed E-state index contributed by atoms with van der Waals surface area (Å²) in [6, 6.07) is 8.36. The maximum absolute atomic E-state index is 12.0. The molecule has 1 aromatic carbocycles. The number of guanidine groups is 1. The number of methoxy groups -OCH3 is 1. The second-order valence-corrected chi connectivity index (χ2v) is 7.28. The molecule has 1 aliphatic carbocycles. The van der Waals surface area contributed by atoms with E-state index in [1.54, 1.807) is 26.1 Å². The van der Waals surface area contributed by atoms with Crippen LogP contribution < -0.4 is 10.6 Å². The van der Waals surface area contributed by atoms with Crippen molar-refractivity contribution in [3.63, 3.8) is 0 Å². The standard InChI is InChI=1S/C21H35N5O2/c1-5-22-21(23-12-13-26(14-15-28-4)19-10-11-19)24-16-17-6-8-18(9-7-17)20(27)25(2)3/h6-9,19H,5,10-16H2,1-4H3,(H2,22,23,24). The number of amides is 1. The molecular weight excluding hydrogens is 354 g/mol. The Hall–Kier alpha value is -2.12. The lowest BCUT2D eigenvalue weighted by Gasteiger charge is -2.22. The summed E-state index contributed by atoms with van der Waals surface area (Å²) >= 11 is 0. The lowest BCUT2D eigenvalue weighted by molar-refractivity contribution is 0.0827. The van der Waals surface area contributed by atoms with Crippen molar-refractivity contribution in [2.24, 2.45) is 4.99 Å². The summed E-state index contributed by atoms with van der Waals surface area (Å²) in [6.07, 6.45) is 2.59. The average Bonchev–Trinajstić information content (AvgIpc) is 3.53. The van der Waals surface area contributed by atoms with Crippen LogP contribution in [-0.2, 0) is 11.3 Å². The maximum Gasteiger partial charge on any atom is 0.253 e. The number of carbonyl (C=O) groups excluding carboxylic acids is 1. The summed E-state index contributed by atoms with van der Waals surface area (Å²) in [6.45, 7) is 7.04. The van der Waals surface area contributed by atoms with E-state index in [1.165, 1.54) is 12.8 Å². The molecule has 7 nitrogen and oxygen atoms in total. The minimum Gasteiger partial charge on any atom is -0.383 e. The van der Waals surface area contributed by atoms with E-state index in [9.17, 15) is 4.79 Å². The maximum atomic E-state index is 12.0. The van der Waals surface area contributed by atoms with Crippen LogP contribution in [0.15, 0.2) is 29.3 Å². The van der Waals surface area contributed by atoms with Crippen molar-refractivity contribution in [2.75, 3.05) is 54.0 Å². The van der Waals surface area contributed by atoms with Gasteiger partial charge in [0.05, 0.1) is 13.2 Å². The Morgan fingerprint density at radius 1 is 1.18 bits per heavy atom. The van der Waals surface area contributed by atoms with Gasteiger partial charge in [0.1, 0.15) is 0 Å². The molecule has 0 saturated heterocycles. The van der Waals surface area contributed by atoms with Gasteiger partial charge in [0, 0.05) is 59.0 Å². The highest BCUT2D eigenvalue weighted by Gasteiger charge is 2.28. The largest absolute Gasteiger partial charge is 0.383 e. The van der Waals surface area contributed by atoms with Crippen LogP contribution in [0.25, 0.3) is 0 Å². The number of hydrogen-bond donors (Lipinski definition) is 2. The second-order valence-electron chi connectivity index (χ2n) is 7.28. The molecule has 7 heteroatoms. The van der Waals surface area contributed by atoms with Crippen LogP contribution in [-0.4, -0.2) is 81.7 Å². The molecule has 1 amide bonds. The summed E-state index contributed by atoms with van der Waals surface area (Å²) in [4.78, 5) is 20.7. The van der Waals surface area contributed by atoms with Gasteiger partial charge in [-0.05, 0) is 37.5 Å². The van der Waals surface area contributed by atoms with E-state index in [2.05, 4.69) is 27.4 Å². The van der Waals surface area contributed by atoms with Gasteiger partial charge in [0.2, 0.25) is 0 Å². The molecule has 1 saturated carbocycles. The number of carbonyl (C=O) groups is 1. The molecular formula is C21H35N5O2. The first-order chi connectivity index (χ1) is 13.5. The third-order valence-electron chi connectivity index (χ3n) is 4.71. The van der Waals surface area contributed by atoms with Crippen LogP contribution >= 0.6 is 0 Å². The van der Waals surface area contributed by atoms with Gasteiger partial charge in [-0.3, -0.25) is 9.69 Å². The zero-order chi connectivity index (χ0) is 20.4. The van der Waals surface area contributed by atoms with Gasteiger partial charge >= 0.3 is 0 Å². The molecule has 28 heavy (non-hydrogen) atoms. The third kappa shape index (κ3) is 7.48. The van der Waals surface area contributed by atoms with Gasteiger partial charge < -0.3 is 20.3 Å². The number of nitrogens with zero attached hydrogens (tertiary/aromatic N) is 3. The molecule has 0 atom stereocenters. The molecule has 0 spiro atoms. The highest BCUT2D eigenvalue weighted by Crippen LogP contribution is 2.25. The van der Waals surface area contributed by atoms with Gasteiger partial charge in [-0.1, -0.05) is 12.1 Å². The fraction of sp³-hybridized carbons (Fsp3) is 0.619. The lowest BCUT2D eigenvalue weighted by atomic mass is 10.1. The highest BCUT2D eigenvalue weighted by molar-refractivity contribution is 5.93. The minimum atomic E-state index is 0.0127. The molecule has 2 N–H and O–H groups in total. The fourth-order valence-electron chi connectivity index (χ4n) is 2.97. The summed E-state index contributed by atoms with van der Waals surface area (Å²) in [5, 5.41) is 6.71. The van der Waals surface area contributed by atoms with Crippen molar-refractivity contribution in [3.05, 3.63) is 35.4 Å². The predicted molar refractivity (Wildman–Crippen MR) is 114 cm³/mol. The molecule has 0 aromatic heterocycles. The monoisotopic (exact) mass is 389 g/mol. The number of nitrogens with one attached hydrogen (secondary N) is 2. The number of ether oxygens (including phenoxy) is 1. The first-order valence-electron chi connectivity index (χ1n) is 10.1. The molecule has 0 unspecified atom stereocenters. The minimum absolute atomic E-state index is 0.0127. The van der Waals surface area contributed by atoms with Crippen molar-refractivity contribution >= 4 is 11.9 Å². The van der Waals surface area contributed by atoms with Crippen LogP contribution in [0.3, 0.4) is 0 Å². The van der Waals surface area contributed by atoms with Gasteiger partial charge in [0.15, 0.2) is 5.96 Å². The molecule has 2 rings (SSSR count). The quantitative estimate of drug-likeness (QED) is 0.444. The Morgan fingerprint density at radius 3 is 2.46 bits per heavy atom. The van der Waals surface area contributed by atoms with E-state index in [1.807, 2.05) is 24.3 Å². The van der Waals surface area contributed by atoms with Crippen molar-refractivity contribution < 1.29 is 9.53 Å². The Labute approximate surface area is 169 Å². The second kappa shape index (κ2) is 11.7. The molecule has 1 fully saturated rings. The number of rotatable bonds is 11. The average molecular weight is 390 g/mol. The van der Waals surface area contributed by atoms with Crippen LogP contribution in [0, 0.1) is 0 Å². The Morgan fingerprint density at radius 2 is 1.89 bits per heavy atom. The molecule has 1 aromatic rings. The number of benzene rings is 1. The van der Waals surface area contributed by atoms with Gasteiger partial charge in [-0.15, -0.1) is 0 Å². The summed E-state index contributed by atoms with van der Waals surface area (Å²) < 4.78 is 5.22.